The Kier molecular flexibility index (Phi) is 5.40. The van der Waals surface area contributed by atoms with Gasteiger partial charge < -0.3 is 10.4 Å². The summed E-state index contributed by atoms with van der Waals surface area (Å²) in [6.45, 7) is 1.50. The van der Waals surface area contributed by atoms with Crippen molar-refractivity contribution in [1.82, 2.24) is 10.3 Å². The smallest absolute Gasteiger partial charge is 0.263 e. The molecule has 2 aromatic carbocycles. The van der Waals surface area contributed by atoms with Gasteiger partial charge in [0.1, 0.15) is 5.82 Å². The van der Waals surface area contributed by atoms with E-state index in [2.05, 4.69) is 15.0 Å². The topological polar surface area (TPSA) is 108 Å². The van der Waals surface area contributed by atoms with E-state index in [-0.39, 0.29) is 28.6 Å². The summed E-state index contributed by atoms with van der Waals surface area (Å²) in [4.78, 5) is 16.2. The zero-order valence-corrected chi connectivity index (χ0v) is 15.8. The van der Waals surface area contributed by atoms with Gasteiger partial charge in [0, 0.05) is 11.6 Å². The molecule has 1 atom stereocenters. The van der Waals surface area contributed by atoms with Gasteiger partial charge in [0.25, 0.3) is 15.9 Å². The summed E-state index contributed by atoms with van der Waals surface area (Å²) < 4.78 is 40.7. The highest BCUT2D eigenvalue weighted by atomic mass is 32.2. The Morgan fingerprint density at radius 1 is 1.26 bits per heavy atom. The van der Waals surface area contributed by atoms with Crippen LogP contribution in [-0.2, 0) is 10.0 Å². The summed E-state index contributed by atoms with van der Waals surface area (Å²) in [5.74, 6) is -0.879. The van der Waals surface area contributed by atoms with Crippen molar-refractivity contribution in [3.05, 3.63) is 53.8 Å². The molecule has 0 aliphatic heterocycles. The van der Waals surface area contributed by atoms with E-state index in [0.29, 0.717) is 15.8 Å². The number of carbonyl (C=O) groups excluding carboxylic acids is 1. The van der Waals surface area contributed by atoms with Crippen LogP contribution in [0.5, 0.6) is 0 Å². The monoisotopic (exact) mass is 409 g/mol. The van der Waals surface area contributed by atoms with E-state index in [4.69, 9.17) is 5.11 Å². The lowest BCUT2D eigenvalue weighted by Crippen LogP contribution is -2.34. The first-order chi connectivity index (χ1) is 12.8. The molecule has 0 saturated carbocycles. The highest BCUT2D eigenvalue weighted by Gasteiger charge is 2.17. The Hall–Kier alpha value is -2.56. The summed E-state index contributed by atoms with van der Waals surface area (Å²) >= 11 is 1.07. The highest BCUT2D eigenvalue weighted by molar-refractivity contribution is 7.93. The lowest BCUT2D eigenvalue weighted by Gasteiger charge is -2.10. The fraction of sp³-hybridized carbons (Fsp3) is 0.176. The molecule has 1 aromatic heterocycles. The normalized spacial score (nSPS) is 12.7. The number of benzene rings is 2. The van der Waals surface area contributed by atoms with E-state index in [1.807, 2.05) is 0 Å². The highest BCUT2D eigenvalue weighted by Crippen LogP contribution is 2.28. The molecule has 0 spiro atoms. The predicted octanol–water partition coefficient (Wildman–Crippen LogP) is 2.35. The number of rotatable bonds is 6. The number of hydrogen-bond acceptors (Lipinski definition) is 6. The number of aromatic nitrogens is 1. The molecule has 3 aromatic rings. The Morgan fingerprint density at radius 2 is 1.96 bits per heavy atom. The maximum absolute atomic E-state index is 13.0. The maximum Gasteiger partial charge on any atom is 0.263 e. The van der Waals surface area contributed by atoms with Crippen LogP contribution in [0.25, 0.3) is 10.2 Å². The van der Waals surface area contributed by atoms with Gasteiger partial charge in [-0.1, -0.05) is 11.3 Å². The van der Waals surface area contributed by atoms with Gasteiger partial charge >= 0.3 is 0 Å². The molecule has 3 rings (SSSR count). The Labute approximate surface area is 158 Å². The third-order valence-electron chi connectivity index (χ3n) is 3.65. The van der Waals surface area contributed by atoms with Gasteiger partial charge in [-0.15, -0.1) is 0 Å². The van der Waals surface area contributed by atoms with Gasteiger partial charge in [-0.2, -0.15) is 0 Å². The molecular weight excluding hydrogens is 393 g/mol. The van der Waals surface area contributed by atoms with E-state index in [1.54, 1.807) is 25.1 Å². The fourth-order valence-corrected chi connectivity index (χ4v) is 4.39. The molecule has 0 unspecified atom stereocenters. The van der Waals surface area contributed by atoms with E-state index < -0.39 is 15.8 Å². The lowest BCUT2D eigenvalue weighted by atomic mass is 10.2. The molecule has 10 heteroatoms. The van der Waals surface area contributed by atoms with Crippen LogP contribution < -0.4 is 10.0 Å². The molecular formula is C17H16FN3O4S2. The minimum atomic E-state index is -3.90. The number of thiazole rings is 1. The van der Waals surface area contributed by atoms with Crippen LogP contribution in [0.1, 0.15) is 17.3 Å². The second kappa shape index (κ2) is 7.59. The summed E-state index contributed by atoms with van der Waals surface area (Å²) in [5, 5.41) is 11.8. The second-order valence-electron chi connectivity index (χ2n) is 5.82. The SMILES string of the molecule is C[C@H](CO)NC(=O)c1ccc2nc(NS(=O)(=O)c3ccc(F)cc3)sc2c1. The molecule has 1 amide bonds. The second-order valence-corrected chi connectivity index (χ2v) is 8.53. The van der Waals surface area contributed by atoms with E-state index in [0.717, 1.165) is 35.6 Å². The van der Waals surface area contributed by atoms with Crippen molar-refractivity contribution in [2.24, 2.45) is 0 Å². The van der Waals surface area contributed by atoms with Crippen LogP contribution >= 0.6 is 11.3 Å². The van der Waals surface area contributed by atoms with Crippen molar-refractivity contribution in [2.75, 3.05) is 11.3 Å². The molecule has 0 fully saturated rings. The van der Waals surface area contributed by atoms with Gasteiger partial charge in [-0.3, -0.25) is 9.52 Å². The van der Waals surface area contributed by atoms with Gasteiger partial charge in [-0.25, -0.2) is 17.8 Å². The number of fused-ring (bicyclic) bond motifs is 1. The van der Waals surface area contributed by atoms with Crippen LogP contribution in [0.2, 0.25) is 0 Å². The van der Waals surface area contributed by atoms with Crippen molar-refractivity contribution in [3.8, 4) is 0 Å². The van der Waals surface area contributed by atoms with E-state index >= 15 is 0 Å². The third kappa shape index (κ3) is 4.41. The summed E-state index contributed by atoms with van der Waals surface area (Å²) in [6, 6.07) is 8.84. The van der Waals surface area contributed by atoms with Gasteiger partial charge in [0.15, 0.2) is 5.13 Å². The number of hydrogen-bond donors (Lipinski definition) is 3. The minimum Gasteiger partial charge on any atom is -0.394 e. The number of nitrogens with one attached hydrogen (secondary N) is 2. The average molecular weight is 409 g/mol. The Morgan fingerprint density at radius 3 is 2.63 bits per heavy atom. The van der Waals surface area contributed by atoms with Crippen LogP contribution in [-0.4, -0.2) is 37.1 Å². The summed E-state index contributed by atoms with van der Waals surface area (Å²) in [7, 11) is -3.90. The molecule has 0 bridgehead atoms. The number of aliphatic hydroxyl groups is 1. The van der Waals surface area contributed by atoms with Crippen LogP contribution in [0.4, 0.5) is 9.52 Å². The quantitative estimate of drug-likeness (QED) is 0.579. The molecule has 3 N–H and O–H groups in total. The molecule has 0 aliphatic carbocycles. The number of aliphatic hydroxyl groups excluding tert-OH is 1. The van der Waals surface area contributed by atoms with E-state index in [1.165, 1.54) is 0 Å². The van der Waals surface area contributed by atoms with Crippen molar-refractivity contribution in [1.29, 1.82) is 0 Å². The summed E-state index contributed by atoms with van der Waals surface area (Å²) in [5.41, 5.74) is 0.906. The molecule has 1 heterocycles. The first-order valence-corrected chi connectivity index (χ1v) is 10.2. The third-order valence-corrected chi connectivity index (χ3v) is 6.07. The molecule has 0 saturated heterocycles. The fourth-order valence-electron chi connectivity index (χ4n) is 2.25. The van der Waals surface area contributed by atoms with Gasteiger partial charge in [0.05, 0.1) is 21.7 Å². The molecule has 0 radical (unpaired) electrons. The number of anilines is 1. The van der Waals surface area contributed by atoms with Crippen molar-refractivity contribution in [3.63, 3.8) is 0 Å². The lowest BCUT2D eigenvalue weighted by molar-refractivity contribution is 0.0922. The van der Waals surface area contributed by atoms with Gasteiger partial charge in [0.2, 0.25) is 0 Å². The van der Waals surface area contributed by atoms with Crippen molar-refractivity contribution < 1.29 is 22.7 Å². The number of amides is 1. The number of halogens is 1. The standard InChI is InChI=1S/C17H16FN3O4S2/c1-10(9-22)19-16(23)11-2-7-14-15(8-11)26-17(20-14)21-27(24,25)13-5-3-12(18)4-6-13/h2-8,10,22H,9H2,1H3,(H,19,23)(H,20,21)/t10-/m1/s1. The zero-order chi connectivity index (χ0) is 19.6. The Balaban J connectivity index is 1.84. The largest absolute Gasteiger partial charge is 0.394 e. The summed E-state index contributed by atoms with van der Waals surface area (Å²) in [6.07, 6.45) is 0. The van der Waals surface area contributed by atoms with Crippen LogP contribution in [0.15, 0.2) is 47.4 Å². The number of nitrogens with zero attached hydrogens (tertiary/aromatic N) is 1. The minimum absolute atomic E-state index is 0.0822. The molecule has 142 valence electrons. The van der Waals surface area contributed by atoms with E-state index in [9.17, 15) is 17.6 Å². The molecule has 0 aliphatic rings. The average Bonchev–Trinajstić information content (AvgIpc) is 3.02. The number of carbonyl (C=O) groups is 1. The van der Waals surface area contributed by atoms with Gasteiger partial charge in [-0.05, 0) is 49.4 Å². The molecule has 7 nitrogen and oxygen atoms in total. The molecule has 27 heavy (non-hydrogen) atoms. The first kappa shape index (κ1) is 19.2. The first-order valence-electron chi connectivity index (χ1n) is 7.89. The number of sulfonamides is 1. The zero-order valence-electron chi connectivity index (χ0n) is 14.1. The maximum atomic E-state index is 13.0. The van der Waals surface area contributed by atoms with Crippen molar-refractivity contribution >= 4 is 42.6 Å². The van der Waals surface area contributed by atoms with Crippen LogP contribution in [0, 0.1) is 5.82 Å². The van der Waals surface area contributed by atoms with Crippen LogP contribution in [0.3, 0.4) is 0 Å². The Bertz CT molecular complexity index is 1080. The predicted molar refractivity (Wildman–Crippen MR) is 101 cm³/mol. The van der Waals surface area contributed by atoms with Crippen molar-refractivity contribution in [2.45, 2.75) is 17.9 Å².